The number of carbonyl (C=O) groups is 2. The van der Waals surface area contributed by atoms with Gasteiger partial charge in [-0.05, 0) is 43.7 Å². The lowest BCUT2D eigenvalue weighted by Crippen LogP contribution is -2.32. The van der Waals surface area contributed by atoms with E-state index in [-0.39, 0.29) is 10.5 Å². The summed E-state index contributed by atoms with van der Waals surface area (Å²) in [5, 5.41) is 2.65. The molecule has 1 atom stereocenters. The number of benzene rings is 2. The lowest BCUT2D eigenvalue weighted by Gasteiger charge is -2.20. The van der Waals surface area contributed by atoms with Crippen molar-refractivity contribution in [1.82, 2.24) is 4.31 Å². The molecule has 0 radical (unpaired) electrons. The number of esters is 1. The minimum atomic E-state index is -3.75. The van der Waals surface area contributed by atoms with E-state index in [2.05, 4.69) is 5.32 Å². The van der Waals surface area contributed by atoms with Gasteiger partial charge in [0, 0.05) is 13.1 Å². The van der Waals surface area contributed by atoms with Crippen molar-refractivity contribution in [3.05, 3.63) is 53.6 Å². The number of carbonyl (C=O) groups excluding carboxylic acids is 2. The van der Waals surface area contributed by atoms with E-state index in [1.165, 1.54) is 30.5 Å². The van der Waals surface area contributed by atoms with Gasteiger partial charge in [-0.1, -0.05) is 32.0 Å². The summed E-state index contributed by atoms with van der Waals surface area (Å²) in [6.45, 7) is 7.21. The number of nitrogens with zero attached hydrogens (tertiary/aromatic N) is 1. The second kappa shape index (κ2) is 10.4. The Hall–Kier alpha value is -2.91. The highest BCUT2D eigenvalue weighted by atomic mass is 32.2. The lowest BCUT2D eigenvalue weighted by molar-refractivity contribution is -0.123. The number of para-hydroxylation sites is 2. The van der Waals surface area contributed by atoms with E-state index in [9.17, 15) is 18.0 Å². The molecule has 1 amide bonds. The topological polar surface area (TPSA) is 102 Å². The van der Waals surface area contributed by atoms with Crippen LogP contribution in [0.2, 0.25) is 0 Å². The van der Waals surface area contributed by atoms with Crippen LogP contribution in [0, 0.1) is 6.92 Å². The number of sulfonamides is 1. The Morgan fingerprint density at radius 3 is 2.35 bits per heavy atom. The number of rotatable bonds is 9. The number of anilines is 1. The number of hydrogen-bond donors (Lipinski definition) is 1. The summed E-state index contributed by atoms with van der Waals surface area (Å²) in [6, 6.07) is 11.2. The van der Waals surface area contributed by atoms with Crippen molar-refractivity contribution in [3.63, 3.8) is 0 Å². The highest BCUT2D eigenvalue weighted by molar-refractivity contribution is 7.89. The van der Waals surface area contributed by atoms with Crippen molar-refractivity contribution in [3.8, 4) is 5.75 Å². The summed E-state index contributed by atoms with van der Waals surface area (Å²) in [7, 11) is -2.27. The molecule has 0 aliphatic rings. The van der Waals surface area contributed by atoms with Crippen LogP contribution >= 0.6 is 0 Å². The first-order chi connectivity index (χ1) is 14.6. The molecule has 0 aliphatic carbocycles. The first-order valence-electron chi connectivity index (χ1n) is 9.91. The molecule has 1 unspecified atom stereocenters. The van der Waals surface area contributed by atoms with Crippen molar-refractivity contribution in [2.24, 2.45) is 0 Å². The summed E-state index contributed by atoms with van der Waals surface area (Å²) in [6.07, 6.45) is -1.11. The molecule has 168 valence electrons. The fourth-order valence-corrected chi connectivity index (χ4v) is 4.68. The average Bonchev–Trinajstić information content (AvgIpc) is 2.74. The van der Waals surface area contributed by atoms with Gasteiger partial charge in [-0.2, -0.15) is 4.31 Å². The van der Waals surface area contributed by atoms with E-state index in [1.54, 1.807) is 51.1 Å². The lowest BCUT2D eigenvalue weighted by atomic mass is 10.1. The van der Waals surface area contributed by atoms with Crippen LogP contribution in [0.4, 0.5) is 5.69 Å². The van der Waals surface area contributed by atoms with E-state index >= 15 is 0 Å². The number of hydrogen-bond acceptors (Lipinski definition) is 6. The van der Waals surface area contributed by atoms with Gasteiger partial charge in [0.1, 0.15) is 5.75 Å². The van der Waals surface area contributed by atoms with Crippen molar-refractivity contribution in [2.75, 3.05) is 25.5 Å². The zero-order chi connectivity index (χ0) is 23.2. The molecule has 0 bridgehead atoms. The molecule has 31 heavy (non-hydrogen) atoms. The Kier molecular flexibility index (Phi) is 8.18. The second-order valence-corrected chi connectivity index (χ2v) is 8.71. The summed E-state index contributed by atoms with van der Waals surface area (Å²) in [4.78, 5) is 25.1. The van der Waals surface area contributed by atoms with E-state index in [1.807, 2.05) is 0 Å². The third-order valence-corrected chi connectivity index (χ3v) is 6.96. The molecule has 2 rings (SSSR count). The molecule has 0 aliphatic heterocycles. The van der Waals surface area contributed by atoms with Gasteiger partial charge in [0.05, 0.1) is 23.3 Å². The molecule has 8 nitrogen and oxygen atoms in total. The van der Waals surface area contributed by atoms with E-state index in [0.717, 1.165) is 0 Å². The van der Waals surface area contributed by atoms with Gasteiger partial charge < -0.3 is 14.8 Å². The maximum atomic E-state index is 12.9. The highest BCUT2D eigenvalue weighted by Crippen LogP contribution is 2.24. The molecule has 0 saturated carbocycles. The maximum absolute atomic E-state index is 12.9. The molecule has 1 N–H and O–H groups in total. The fraction of sp³-hybridized carbons (Fsp3) is 0.364. The summed E-state index contributed by atoms with van der Waals surface area (Å²) in [5.41, 5.74) is 1.01. The monoisotopic (exact) mass is 448 g/mol. The molecular weight excluding hydrogens is 420 g/mol. The van der Waals surface area contributed by atoms with Crippen LogP contribution in [-0.2, 0) is 19.6 Å². The van der Waals surface area contributed by atoms with Crippen molar-refractivity contribution < 1.29 is 27.5 Å². The average molecular weight is 449 g/mol. The molecule has 0 heterocycles. The van der Waals surface area contributed by atoms with Crippen LogP contribution in [0.25, 0.3) is 0 Å². The van der Waals surface area contributed by atoms with Crippen LogP contribution < -0.4 is 10.1 Å². The molecular formula is C22H28N2O6S. The summed E-state index contributed by atoms with van der Waals surface area (Å²) in [5.74, 6) is -0.862. The van der Waals surface area contributed by atoms with E-state index in [4.69, 9.17) is 9.47 Å². The summed E-state index contributed by atoms with van der Waals surface area (Å²) >= 11 is 0. The zero-order valence-electron chi connectivity index (χ0n) is 18.3. The molecule has 0 fully saturated rings. The number of aryl methyl sites for hydroxylation is 1. The molecule has 2 aromatic carbocycles. The highest BCUT2D eigenvalue weighted by Gasteiger charge is 2.26. The maximum Gasteiger partial charge on any atom is 0.338 e. The molecule has 2 aromatic rings. The predicted molar refractivity (Wildman–Crippen MR) is 118 cm³/mol. The van der Waals surface area contributed by atoms with Crippen molar-refractivity contribution >= 4 is 27.6 Å². The minimum Gasteiger partial charge on any atom is -0.495 e. The van der Waals surface area contributed by atoms with Crippen LogP contribution in [0.1, 0.15) is 36.7 Å². The van der Waals surface area contributed by atoms with Crippen LogP contribution in [0.5, 0.6) is 5.75 Å². The van der Waals surface area contributed by atoms with Gasteiger partial charge in [0.25, 0.3) is 5.91 Å². The van der Waals surface area contributed by atoms with Crippen LogP contribution in [-0.4, -0.2) is 50.9 Å². The molecule has 0 spiro atoms. The Balaban J connectivity index is 2.19. The first kappa shape index (κ1) is 24.4. The Morgan fingerprint density at radius 2 is 1.74 bits per heavy atom. The number of amides is 1. The Labute approximate surface area is 183 Å². The van der Waals surface area contributed by atoms with Gasteiger partial charge in [-0.15, -0.1) is 0 Å². The van der Waals surface area contributed by atoms with Gasteiger partial charge >= 0.3 is 5.97 Å². The second-order valence-electron chi connectivity index (χ2n) is 6.81. The minimum absolute atomic E-state index is 0.0387. The van der Waals surface area contributed by atoms with Crippen LogP contribution in [0.15, 0.2) is 47.4 Å². The van der Waals surface area contributed by atoms with E-state index < -0.39 is 28.0 Å². The summed E-state index contributed by atoms with van der Waals surface area (Å²) < 4.78 is 37.5. The largest absolute Gasteiger partial charge is 0.495 e. The van der Waals surface area contributed by atoms with Gasteiger partial charge in [-0.3, -0.25) is 4.79 Å². The standard InChI is InChI=1S/C22H28N2O6S/c1-6-24(7-2)31(27,28)20-14-17(13-12-15(20)3)22(26)30-16(4)21(25)23-18-10-8-9-11-19(18)29-5/h8-14,16H,6-7H2,1-5H3,(H,23,25). The number of ether oxygens (including phenoxy) is 2. The van der Waals surface area contributed by atoms with Gasteiger partial charge in [-0.25, -0.2) is 13.2 Å². The normalized spacial score (nSPS) is 12.3. The van der Waals surface area contributed by atoms with Gasteiger partial charge in [0.15, 0.2) is 6.10 Å². The number of nitrogens with one attached hydrogen (secondary N) is 1. The molecule has 9 heteroatoms. The smallest absolute Gasteiger partial charge is 0.338 e. The quantitative estimate of drug-likeness (QED) is 0.591. The molecule has 0 saturated heterocycles. The Morgan fingerprint density at radius 1 is 1.10 bits per heavy atom. The first-order valence-corrected chi connectivity index (χ1v) is 11.3. The Bertz CT molecular complexity index is 1050. The SMILES string of the molecule is CCN(CC)S(=O)(=O)c1cc(C(=O)OC(C)C(=O)Nc2ccccc2OC)ccc1C. The molecule has 0 aromatic heterocycles. The third-order valence-electron chi connectivity index (χ3n) is 4.76. The predicted octanol–water partition coefficient (Wildman–Crippen LogP) is 3.22. The van der Waals surface area contributed by atoms with E-state index in [0.29, 0.717) is 30.1 Å². The van der Waals surface area contributed by atoms with Crippen LogP contribution in [0.3, 0.4) is 0 Å². The van der Waals surface area contributed by atoms with Gasteiger partial charge in [0.2, 0.25) is 10.0 Å². The fourth-order valence-electron chi connectivity index (χ4n) is 2.97. The third kappa shape index (κ3) is 5.62. The number of methoxy groups -OCH3 is 1. The zero-order valence-corrected chi connectivity index (χ0v) is 19.2. The van der Waals surface area contributed by atoms with Crippen molar-refractivity contribution in [2.45, 2.75) is 38.7 Å². The van der Waals surface area contributed by atoms with Crippen molar-refractivity contribution in [1.29, 1.82) is 0 Å².